The van der Waals surface area contributed by atoms with Crippen LogP contribution in [0.2, 0.25) is 0 Å². The van der Waals surface area contributed by atoms with Gasteiger partial charge in [0, 0.05) is 13.1 Å². The highest BCUT2D eigenvalue weighted by atomic mass is 16.6. The van der Waals surface area contributed by atoms with Gasteiger partial charge in [-0.3, -0.25) is 9.69 Å². The van der Waals surface area contributed by atoms with Crippen LogP contribution in [0, 0.1) is 0 Å². The summed E-state index contributed by atoms with van der Waals surface area (Å²) in [6.07, 6.45) is 0.300. The second kappa shape index (κ2) is 9.93. The lowest BCUT2D eigenvalue weighted by Crippen LogP contribution is -2.35. The fraction of sp³-hybridized carbons (Fsp3) is 0.556. The number of hydrogen-bond acceptors (Lipinski definition) is 5. The molecule has 0 atom stereocenters. The highest BCUT2D eigenvalue weighted by Crippen LogP contribution is 2.06. The van der Waals surface area contributed by atoms with E-state index in [-0.39, 0.29) is 19.1 Å². The Kier molecular flexibility index (Phi) is 8.26. The minimum Gasteiger partial charge on any atom is -0.460 e. The number of carbonyl (C=O) groups is 2. The Morgan fingerprint density at radius 3 is 2.46 bits per heavy atom. The first-order valence-electron chi connectivity index (χ1n) is 8.11. The van der Waals surface area contributed by atoms with Gasteiger partial charge in [0.05, 0.1) is 6.54 Å². The molecule has 1 aromatic rings. The van der Waals surface area contributed by atoms with Crippen molar-refractivity contribution >= 4 is 12.1 Å². The van der Waals surface area contributed by atoms with E-state index in [0.717, 1.165) is 12.0 Å². The fourth-order valence-corrected chi connectivity index (χ4v) is 1.94. The molecule has 0 saturated carbocycles. The van der Waals surface area contributed by atoms with E-state index in [1.165, 1.54) is 0 Å². The SMILES string of the molecule is CN(CCCNC(=O)OC(C)(C)C)CC(=O)OCc1ccccc1. The molecule has 0 aliphatic carbocycles. The molecule has 134 valence electrons. The lowest BCUT2D eigenvalue weighted by Gasteiger charge is -2.20. The minimum absolute atomic E-state index is 0.221. The number of rotatable bonds is 8. The Morgan fingerprint density at radius 1 is 1.17 bits per heavy atom. The molecule has 0 aliphatic heterocycles. The van der Waals surface area contributed by atoms with Gasteiger partial charge in [-0.1, -0.05) is 30.3 Å². The maximum absolute atomic E-state index is 11.8. The van der Waals surface area contributed by atoms with Gasteiger partial charge in [-0.2, -0.15) is 0 Å². The van der Waals surface area contributed by atoms with Gasteiger partial charge >= 0.3 is 12.1 Å². The molecular formula is C18H28N2O4. The number of hydrogen-bond donors (Lipinski definition) is 1. The van der Waals surface area contributed by atoms with Gasteiger partial charge in [0.15, 0.2) is 0 Å². The summed E-state index contributed by atoms with van der Waals surface area (Å²) < 4.78 is 10.4. The number of alkyl carbamates (subject to hydrolysis) is 1. The van der Waals surface area contributed by atoms with Crippen LogP contribution in [0.5, 0.6) is 0 Å². The van der Waals surface area contributed by atoms with E-state index in [1.54, 1.807) is 0 Å². The van der Waals surface area contributed by atoms with Gasteiger partial charge in [0.25, 0.3) is 0 Å². The van der Waals surface area contributed by atoms with Crippen LogP contribution in [0.15, 0.2) is 30.3 Å². The Hall–Kier alpha value is -2.08. The molecule has 0 aromatic heterocycles. The second-order valence-corrected chi connectivity index (χ2v) is 6.67. The molecular weight excluding hydrogens is 308 g/mol. The van der Waals surface area contributed by atoms with E-state index < -0.39 is 11.7 Å². The normalized spacial score (nSPS) is 11.2. The van der Waals surface area contributed by atoms with Crippen LogP contribution in [0.1, 0.15) is 32.8 Å². The predicted molar refractivity (Wildman–Crippen MR) is 92.6 cm³/mol. The number of ether oxygens (including phenoxy) is 2. The molecule has 0 heterocycles. The number of carbonyl (C=O) groups excluding carboxylic acids is 2. The van der Waals surface area contributed by atoms with Crippen LogP contribution in [-0.2, 0) is 20.9 Å². The molecule has 1 aromatic carbocycles. The zero-order valence-electron chi connectivity index (χ0n) is 15.0. The van der Waals surface area contributed by atoms with Crippen LogP contribution in [0.4, 0.5) is 4.79 Å². The van der Waals surface area contributed by atoms with E-state index in [1.807, 2.05) is 63.1 Å². The molecule has 0 bridgehead atoms. The first-order chi connectivity index (χ1) is 11.3. The summed E-state index contributed by atoms with van der Waals surface area (Å²) in [6.45, 7) is 7.14. The number of nitrogens with one attached hydrogen (secondary N) is 1. The lowest BCUT2D eigenvalue weighted by atomic mass is 10.2. The molecule has 1 rings (SSSR count). The average Bonchev–Trinajstić information content (AvgIpc) is 2.49. The summed E-state index contributed by atoms with van der Waals surface area (Å²) >= 11 is 0. The Morgan fingerprint density at radius 2 is 1.83 bits per heavy atom. The molecule has 1 amide bonds. The smallest absolute Gasteiger partial charge is 0.407 e. The third kappa shape index (κ3) is 9.84. The summed E-state index contributed by atoms with van der Waals surface area (Å²) in [5, 5.41) is 2.69. The van der Waals surface area contributed by atoms with Crippen molar-refractivity contribution in [2.75, 3.05) is 26.7 Å². The summed E-state index contributed by atoms with van der Waals surface area (Å²) in [7, 11) is 1.84. The van der Waals surface area contributed by atoms with Crippen LogP contribution in [-0.4, -0.2) is 49.2 Å². The Balaban J connectivity index is 2.11. The van der Waals surface area contributed by atoms with Crippen molar-refractivity contribution in [1.82, 2.24) is 10.2 Å². The molecule has 6 heteroatoms. The summed E-state index contributed by atoms with van der Waals surface area (Å²) in [4.78, 5) is 25.1. The first kappa shape index (κ1) is 20.0. The van der Waals surface area contributed by atoms with Gasteiger partial charge in [-0.25, -0.2) is 4.79 Å². The molecule has 0 spiro atoms. The molecule has 0 unspecified atom stereocenters. The zero-order valence-corrected chi connectivity index (χ0v) is 15.0. The maximum Gasteiger partial charge on any atom is 0.407 e. The van der Waals surface area contributed by atoms with Gasteiger partial charge in [0.2, 0.25) is 0 Å². The number of nitrogens with zero attached hydrogens (tertiary/aromatic N) is 1. The van der Waals surface area contributed by atoms with E-state index in [4.69, 9.17) is 9.47 Å². The van der Waals surface area contributed by atoms with Crippen LogP contribution >= 0.6 is 0 Å². The molecule has 0 fully saturated rings. The number of amides is 1. The average molecular weight is 336 g/mol. The third-order valence-corrected chi connectivity index (χ3v) is 3.03. The molecule has 0 aliphatic rings. The molecule has 0 radical (unpaired) electrons. The van der Waals surface area contributed by atoms with Crippen molar-refractivity contribution in [3.63, 3.8) is 0 Å². The van der Waals surface area contributed by atoms with Gasteiger partial charge in [0.1, 0.15) is 12.2 Å². The quantitative estimate of drug-likeness (QED) is 0.584. The molecule has 6 nitrogen and oxygen atoms in total. The van der Waals surface area contributed by atoms with Gasteiger partial charge in [-0.15, -0.1) is 0 Å². The molecule has 1 N–H and O–H groups in total. The monoisotopic (exact) mass is 336 g/mol. The highest BCUT2D eigenvalue weighted by molar-refractivity contribution is 5.71. The van der Waals surface area contributed by atoms with Crippen molar-refractivity contribution in [2.45, 2.75) is 39.4 Å². The standard InChI is InChI=1S/C18H28N2O4/c1-18(2,3)24-17(22)19-11-8-12-20(4)13-16(21)23-14-15-9-6-5-7-10-15/h5-7,9-10H,8,11-14H2,1-4H3,(H,19,22). The summed E-state index contributed by atoms with van der Waals surface area (Å²) in [5.74, 6) is -0.263. The van der Waals surface area contributed by atoms with Crippen molar-refractivity contribution in [3.05, 3.63) is 35.9 Å². The highest BCUT2D eigenvalue weighted by Gasteiger charge is 2.15. The number of esters is 1. The van der Waals surface area contributed by atoms with Crippen molar-refractivity contribution in [1.29, 1.82) is 0 Å². The van der Waals surface area contributed by atoms with Crippen LogP contribution < -0.4 is 5.32 Å². The first-order valence-corrected chi connectivity index (χ1v) is 8.11. The summed E-state index contributed by atoms with van der Waals surface area (Å²) in [6, 6.07) is 9.57. The second-order valence-electron chi connectivity index (χ2n) is 6.67. The van der Waals surface area contributed by atoms with E-state index in [9.17, 15) is 9.59 Å². The Bertz CT molecular complexity index is 512. The number of likely N-dealkylation sites (N-methyl/N-ethyl adjacent to an activating group) is 1. The lowest BCUT2D eigenvalue weighted by molar-refractivity contribution is -0.145. The Labute approximate surface area is 144 Å². The van der Waals surface area contributed by atoms with Gasteiger partial charge < -0.3 is 14.8 Å². The number of benzene rings is 1. The largest absolute Gasteiger partial charge is 0.460 e. The predicted octanol–water partition coefficient (Wildman–Crippen LogP) is 2.58. The van der Waals surface area contributed by atoms with E-state index in [0.29, 0.717) is 13.1 Å². The summed E-state index contributed by atoms with van der Waals surface area (Å²) in [5.41, 5.74) is 0.471. The molecule has 0 saturated heterocycles. The third-order valence-electron chi connectivity index (χ3n) is 3.03. The van der Waals surface area contributed by atoms with Crippen molar-refractivity contribution < 1.29 is 19.1 Å². The topological polar surface area (TPSA) is 67.9 Å². The van der Waals surface area contributed by atoms with Crippen molar-refractivity contribution in [2.24, 2.45) is 0 Å². The van der Waals surface area contributed by atoms with Crippen LogP contribution in [0.3, 0.4) is 0 Å². The van der Waals surface area contributed by atoms with E-state index in [2.05, 4.69) is 5.32 Å². The molecule has 24 heavy (non-hydrogen) atoms. The fourth-order valence-electron chi connectivity index (χ4n) is 1.94. The van der Waals surface area contributed by atoms with Crippen LogP contribution in [0.25, 0.3) is 0 Å². The van der Waals surface area contributed by atoms with E-state index >= 15 is 0 Å². The van der Waals surface area contributed by atoms with Gasteiger partial charge in [-0.05, 0) is 39.8 Å². The van der Waals surface area contributed by atoms with Crippen molar-refractivity contribution in [3.8, 4) is 0 Å². The zero-order chi connectivity index (χ0) is 18.0. The maximum atomic E-state index is 11.8. The minimum atomic E-state index is -0.497.